The molecule has 30 heavy (non-hydrogen) atoms. The topological polar surface area (TPSA) is 76.2 Å². The summed E-state index contributed by atoms with van der Waals surface area (Å²) in [4.78, 5) is 14.9. The van der Waals surface area contributed by atoms with E-state index in [0.29, 0.717) is 43.2 Å². The fraction of sp³-hybridized carbons (Fsp3) is 0.318. The summed E-state index contributed by atoms with van der Waals surface area (Å²) in [5, 5.41) is 0. The molecule has 0 saturated heterocycles. The number of rotatable bonds is 3. The average Bonchev–Trinajstić information content (AvgIpc) is 2.97. The second-order valence-electron chi connectivity index (χ2n) is 7.48. The lowest BCUT2D eigenvalue weighted by atomic mass is 9.95. The molecule has 0 N–H and O–H groups in total. The minimum absolute atomic E-state index is 0.0808. The van der Waals surface area contributed by atoms with Crippen LogP contribution in [0.4, 0.5) is 0 Å². The number of hydrogen-bond acceptors (Lipinski definition) is 5. The number of benzene rings is 2. The number of hydrogen-bond donors (Lipinski definition) is 0. The Hall–Kier alpha value is -2.84. The van der Waals surface area contributed by atoms with Crippen molar-refractivity contribution in [2.75, 3.05) is 33.9 Å². The average molecular weight is 429 g/mol. The Balaban J connectivity index is 1.65. The molecule has 0 atom stereocenters. The number of carbonyl (C=O) groups excluding carboxylic acids is 1. The highest BCUT2D eigenvalue weighted by molar-refractivity contribution is 7.89. The molecule has 4 rings (SSSR count). The molecular weight excluding hydrogens is 404 g/mol. The van der Waals surface area contributed by atoms with Gasteiger partial charge in [-0.2, -0.15) is 0 Å². The first-order valence-corrected chi connectivity index (χ1v) is 11.2. The van der Waals surface area contributed by atoms with E-state index >= 15 is 0 Å². The van der Waals surface area contributed by atoms with Crippen molar-refractivity contribution in [2.45, 2.75) is 17.7 Å². The van der Waals surface area contributed by atoms with Crippen LogP contribution in [0.2, 0.25) is 0 Å². The van der Waals surface area contributed by atoms with Crippen LogP contribution < -0.4 is 9.47 Å². The van der Waals surface area contributed by atoms with Gasteiger partial charge in [-0.15, -0.1) is 0 Å². The van der Waals surface area contributed by atoms with Crippen molar-refractivity contribution >= 4 is 21.6 Å². The number of amides is 1. The molecule has 0 aliphatic carbocycles. The van der Waals surface area contributed by atoms with Crippen LogP contribution in [-0.4, -0.2) is 57.4 Å². The van der Waals surface area contributed by atoms with Crippen molar-refractivity contribution in [3.63, 3.8) is 0 Å². The molecule has 0 radical (unpaired) electrons. The lowest BCUT2D eigenvalue weighted by molar-refractivity contribution is 0.0833. The second kappa shape index (κ2) is 7.77. The third kappa shape index (κ3) is 3.57. The summed E-state index contributed by atoms with van der Waals surface area (Å²) < 4.78 is 37.5. The van der Waals surface area contributed by atoms with Gasteiger partial charge >= 0.3 is 0 Å². The van der Waals surface area contributed by atoms with Gasteiger partial charge in [0.2, 0.25) is 10.0 Å². The predicted octanol–water partition coefficient (Wildman–Crippen LogP) is 2.77. The van der Waals surface area contributed by atoms with E-state index in [1.54, 1.807) is 17.0 Å². The molecule has 1 amide bonds. The van der Waals surface area contributed by atoms with Crippen molar-refractivity contribution in [3.05, 3.63) is 59.7 Å². The normalized spacial score (nSPS) is 16.2. The van der Waals surface area contributed by atoms with E-state index in [1.807, 2.05) is 12.1 Å². The molecule has 0 aromatic heterocycles. The minimum atomic E-state index is -3.63. The van der Waals surface area contributed by atoms with Gasteiger partial charge in [-0.1, -0.05) is 12.6 Å². The van der Waals surface area contributed by atoms with Crippen LogP contribution in [0.15, 0.2) is 47.9 Å². The Morgan fingerprint density at radius 2 is 1.80 bits per heavy atom. The van der Waals surface area contributed by atoms with Crippen molar-refractivity contribution < 1.29 is 22.7 Å². The molecule has 0 fully saturated rings. The van der Waals surface area contributed by atoms with Gasteiger partial charge in [0.1, 0.15) is 0 Å². The van der Waals surface area contributed by atoms with Crippen LogP contribution in [0.25, 0.3) is 5.70 Å². The van der Waals surface area contributed by atoms with Crippen LogP contribution in [0.3, 0.4) is 0 Å². The van der Waals surface area contributed by atoms with Crippen molar-refractivity contribution in [1.29, 1.82) is 0 Å². The van der Waals surface area contributed by atoms with Crippen molar-refractivity contribution in [1.82, 2.24) is 9.21 Å². The van der Waals surface area contributed by atoms with E-state index in [4.69, 9.17) is 9.47 Å². The van der Waals surface area contributed by atoms with Gasteiger partial charge in [-0.05, 0) is 42.3 Å². The van der Waals surface area contributed by atoms with E-state index in [1.165, 1.54) is 26.2 Å². The van der Waals surface area contributed by atoms with E-state index in [-0.39, 0.29) is 10.8 Å². The standard InChI is InChI=1S/C22H24N2O5S/c1-15-19-14-21-20(28-10-5-11-29-21)13-16(19)8-9-24(15)22(25)17-6-4-7-18(12-17)30(26,27)23(2)3/h4,6-7,12-14H,1,5,8-11H2,2-3H3. The molecule has 0 spiro atoms. The SMILES string of the molecule is C=C1c2cc3c(cc2CCN1C(=O)c1cccc(S(=O)(=O)N(C)C)c1)OCCCO3. The van der Waals surface area contributed by atoms with Gasteiger partial charge in [0.15, 0.2) is 11.5 Å². The molecule has 2 aliphatic heterocycles. The summed E-state index contributed by atoms with van der Waals surface area (Å²) in [5.41, 5.74) is 2.77. The van der Waals surface area contributed by atoms with Crippen molar-refractivity contribution in [2.24, 2.45) is 0 Å². The van der Waals surface area contributed by atoms with E-state index < -0.39 is 10.0 Å². The first-order chi connectivity index (χ1) is 14.3. The van der Waals surface area contributed by atoms with Gasteiger partial charge in [0.05, 0.1) is 18.1 Å². The smallest absolute Gasteiger partial charge is 0.258 e. The summed E-state index contributed by atoms with van der Waals surface area (Å²) in [6.07, 6.45) is 1.46. The molecule has 0 saturated carbocycles. The third-order valence-corrected chi connectivity index (χ3v) is 7.13. The molecule has 2 aromatic rings. The molecule has 0 unspecified atom stereocenters. The lowest BCUT2D eigenvalue weighted by Crippen LogP contribution is -2.34. The van der Waals surface area contributed by atoms with Gasteiger partial charge in [0.25, 0.3) is 5.91 Å². The fourth-order valence-electron chi connectivity index (χ4n) is 3.62. The van der Waals surface area contributed by atoms with Gasteiger partial charge < -0.3 is 14.4 Å². The predicted molar refractivity (Wildman–Crippen MR) is 113 cm³/mol. The summed E-state index contributed by atoms with van der Waals surface area (Å²) in [5.74, 6) is 1.09. The zero-order valence-electron chi connectivity index (χ0n) is 17.1. The van der Waals surface area contributed by atoms with E-state index in [2.05, 4.69) is 6.58 Å². The Kier molecular flexibility index (Phi) is 5.29. The monoisotopic (exact) mass is 428 g/mol. The maximum atomic E-state index is 13.2. The molecule has 2 aromatic carbocycles. The highest BCUT2D eigenvalue weighted by atomic mass is 32.2. The number of carbonyl (C=O) groups is 1. The van der Waals surface area contributed by atoms with Crippen LogP contribution in [0.1, 0.15) is 27.9 Å². The number of fused-ring (bicyclic) bond motifs is 2. The molecular formula is C22H24N2O5S. The molecule has 0 bridgehead atoms. The second-order valence-corrected chi connectivity index (χ2v) is 9.63. The third-order valence-electron chi connectivity index (χ3n) is 5.32. The Labute approximate surface area is 176 Å². The van der Waals surface area contributed by atoms with Crippen molar-refractivity contribution in [3.8, 4) is 11.5 Å². The largest absolute Gasteiger partial charge is 0.490 e. The molecule has 2 aliphatic rings. The number of ether oxygens (including phenoxy) is 2. The molecule has 158 valence electrons. The number of nitrogens with zero attached hydrogens (tertiary/aromatic N) is 2. The first-order valence-electron chi connectivity index (χ1n) is 9.75. The summed E-state index contributed by atoms with van der Waals surface area (Å²) >= 11 is 0. The first kappa shape index (κ1) is 20.4. The van der Waals surface area contributed by atoms with Gasteiger partial charge in [-0.3, -0.25) is 4.79 Å². The molecule has 7 nitrogen and oxygen atoms in total. The quantitative estimate of drug-likeness (QED) is 0.751. The van der Waals surface area contributed by atoms with Crippen LogP contribution in [-0.2, 0) is 16.4 Å². The number of sulfonamides is 1. The molecule has 2 heterocycles. The Morgan fingerprint density at radius 1 is 1.10 bits per heavy atom. The van der Waals surface area contributed by atoms with E-state index in [0.717, 1.165) is 27.6 Å². The Morgan fingerprint density at radius 3 is 2.50 bits per heavy atom. The van der Waals surface area contributed by atoms with Crippen LogP contribution >= 0.6 is 0 Å². The maximum absolute atomic E-state index is 13.2. The van der Waals surface area contributed by atoms with Crippen LogP contribution in [0, 0.1) is 0 Å². The zero-order chi connectivity index (χ0) is 21.5. The molecule has 8 heteroatoms. The highest BCUT2D eigenvalue weighted by Crippen LogP contribution is 2.38. The minimum Gasteiger partial charge on any atom is -0.490 e. The van der Waals surface area contributed by atoms with E-state index in [9.17, 15) is 13.2 Å². The highest BCUT2D eigenvalue weighted by Gasteiger charge is 2.28. The van der Waals surface area contributed by atoms with Crippen LogP contribution in [0.5, 0.6) is 11.5 Å². The lowest BCUT2D eigenvalue weighted by Gasteiger charge is -2.31. The fourth-order valence-corrected chi connectivity index (χ4v) is 4.57. The summed E-state index contributed by atoms with van der Waals surface area (Å²) in [7, 11) is -0.709. The van der Waals surface area contributed by atoms with Gasteiger partial charge in [-0.25, -0.2) is 12.7 Å². The summed E-state index contributed by atoms with van der Waals surface area (Å²) in [6, 6.07) is 9.94. The maximum Gasteiger partial charge on any atom is 0.258 e. The zero-order valence-corrected chi connectivity index (χ0v) is 17.9. The van der Waals surface area contributed by atoms with Gasteiger partial charge in [0, 0.05) is 43.9 Å². The Bertz CT molecular complexity index is 1120. The summed E-state index contributed by atoms with van der Waals surface area (Å²) in [6.45, 7) is 5.78.